The number of carbonyl (C=O) groups is 1. The standard InChI is InChI=1S/C17H25N3O2/c1-5-12(4)16(20-15(21)10-22-11(2)3)17-18-13-8-6-7-9-14(13)19-17/h6-9,11-12,16H,5,10H2,1-4H3,(H,18,19)(H,20,21)/t12-,16+/m1/s1. The van der Waals surface area contributed by atoms with Crippen molar-refractivity contribution in [3.05, 3.63) is 30.1 Å². The SMILES string of the molecule is CC[C@@H](C)[C@H](NC(=O)COC(C)C)c1nc2ccccc2[nH]1. The molecule has 0 fully saturated rings. The third-order valence-corrected chi connectivity index (χ3v) is 3.78. The topological polar surface area (TPSA) is 67.0 Å². The number of hydrogen-bond acceptors (Lipinski definition) is 3. The van der Waals surface area contributed by atoms with E-state index in [1.54, 1.807) is 0 Å². The van der Waals surface area contributed by atoms with E-state index in [0.29, 0.717) is 0 Å². The monoisotopic (exact) mass is 303 g/mol. The first-order valence-corrected chi connectivity index (χ1v) is 7.86. The molecule has 0 aliphatic rings. The number of para-hydroxylation sites is 2. The fraction of sp³-hybridized carbons (Fsp3) is 0.529. The van der Waals surface area contributed by atoms with E-state index >= 15 is 0 Å². The summed E-state index contributed by atoms with van der Waals surface area (Å²) in [6, 6.07) is 7.74. The molecule has 0 bridgehead atoms. The van der Waals surface area contributed by atoms with Crippen molar-refractivity contribution in [1.29, 1.82) is 0 Å². The van der Waals surface area contributed by atoms with Crippen LogP contribution in [0, 0.1) is 5.92 Å². The lowest BCUT2D eigenvalue weighted by atomic mass is 9.98. The van der Waals surface area contributed by atoms with E-state index in [2.05, 4.69) is 29.1 Å². The van der Waals surface area contributed by atoms with Gasteiger partial charge >= 0.3 is 0 Å². The van der Waals surface area contributed by atoms with Gasteiger partial charge in [0.15, 0.2) is 0 Å². The number of amides is 1. The lowest BCUT2D eigenvalue weighted by Gasteiger charge is -2.22. The minimum Gasteiger partial charge on any atom is -0.369 e. The maximum Gasteiger partial charge on any atom is 0.246 e. The second-order valence-corrected chi connectivity index (χ2v) is 5.93. The zero-order chi connectivity index (χ0) is 16.1. The number of imidazole rings is 1. The van der Waals surface area contributed by atoms with Gasteiger partial charge in [0, 0.05) is 0 Å². The fourth-order valence-corrected chi connectivity index (χ4v) is 2.29. The molecule has 5 nitrogen and oxygen atoms in total. The van der Waals surface area contributed by atoms with E-state index < -0.39 is 0 Å². The normalized spacial score (nSPS) is 14.2. The number of aromatic amines is 1. The molecule has 1 aromatic carbocycles. The van der Waals surface area contributed by atoms with Crippen molar-refractivity contribution < 1.29 is 9.53 Å². The Morgan fingerprint density at radius 3 is 2.68 bits per heavy atom. The van der Waals surface area contributed by atoms with Crippen molar-refractivity contribution in [1.82, 2.24) is 15.3 Å². The van der Waals surface area contributed by atoms with Gasteiger partial charge in [0.2, 0.25) is 5.91 Å². The van der Waals surface area contributed by atoms with Crippen LogP contribution in [0.1, 0.15) is 46.0 Å². The van der Waals surface area contributed by atoms with Gasteiger partial charge in [0.05, 0.1) is 23.2 Å². The van der Waals surface area contributed by atoms with Crippen LogP contribution in [-0.4, -0.2) is 28.6 Å². The number of benzene rings is 1. The predicted molar refractivity (Wildman–Crippen MR) is 87.5 cm³/mol. The summed E-state index contributed by atoms with van der Waals surface area (Å²) in [6.07, 6.45) is 0.992. The van der Waals surface area contributed by atoms with E-state index in [-0.39, 0.29) is 30.6 Å². The van der Waals surface area contributed by atoms with E-state index in [1.807, 2.05) is 38.1 Å². The molecule has 22 heavy (non-hydrogen) atoms. The first-order chi connectivity index (χ1) is 10.5. The molecule has 2 aromatic rings. The molecule has 1 heterocycles. The molecule has 120 valence electrons. The summed E-state index contributed by atoms with van der Waals surface area (Å²) in [5, 5.41) is 3.04. The average molecular weight is 303 g/mol. The molecule has 2 rings (SSSR count). The van der Waals surface area contributed by atoms with E-state index in [9.17, 15) is 4.79 Å². The smallest absolute Gasteiger partial charge is 0.246 e. The number of rotatable bonds is 7. The summed E-state index contributed by atoms with van der Waals surface area (Å²) < 4.78 is 5.37. The molecule has 1 amide bonds. The van der Waals surface area contributed by atoms with Crippen molar-refractivity contribution >= 4 is 16.9 Å². The number of fused-ring (bicyclic) bond motifs is 1. The third-order valence-electron chi connectivity index (χ3n) is 3.78. The van der Waals surface area contributed by atoms with Crippen molar-refractivity contribution in [2.45, 2.75) is 46.3 Å². The molecule has 0 spiro atoms. The molecule has 5 heteroatoms. The Morgan fingerprint density at radius 2 is 2.05 bits per heavy atom. The number of nitrogens with one attached hydrogen (secondary N) is 2. The van der Waals surface area contributed by atoms with Crippen LogP contribution in [-0.2, 0) is 9.53 Å². The summed E-state index contributed by atoms with van der Waals surface area (Å²) in [7, 11) is 0. The Labute approximate surface area is 131 Å². The Morgan fingerprint density at radius 1 is 1.32 bits per heavy atom. The van der Waals surface area contributed by atoms with Crippen LogP contribution in [0.4, 0.5) is 0 Å². The minimum atomic E-state index is -0.138. The molecule has 2 N–H and O–H groups in total. The van der Waals surface area contributed by atoms with E-state index in [1.165, 1.54) is 0 Å². The summed E-state index contributed by atoms with van der Waals surface area (Å²) in [4.78, 5) is 20.0. The fourth-order valence-electron chi connectivity index (χ4n) is 2.29. The summed E-state index contributed by atoms with van der Waals surface area (Å²) >= 11 is 0. The molecule has 0 saturated carbocycles. The largest absolute Gasteiger partial charge is 0.369 e. The Kier molecular flexibility index (Phi) is 5.55. The molecule has 0 aliphatic heterocycles. The van der Waals surface area contributed by atoms with Gasteiger partial charge in [-0.15, -0.1) is 0 Å². The Balaban J connectivity index is 2.17. The maximum atomic E-state index is 12.1. The molecule has 0 aliphatic carbocycles. The predicted octanol–water partition coefficient (Wildman–Crippen LogP) is 3.19. The number of nitrogens with zero attached hydrogens (tertiary/aromatic N) is 1. The highest BCUT2D eigenvalue weighted by molar-refractivity contribution is 5.78. The van der Waals surface area contributed by atoms with Crippen molar-refractivity contribution in [2.24, 2.45) is 5.92 Å². The van der Waals surface area contributed by atoms with Gasteiger partial charge < -0.3 is 15.0 Å². The van der Waals surface area contributed by atoms with Crippen LogP contribution in [0.2, 0.25) is 0 Å². The molecule has 1 aromatic heterocycles. The van der Waals surface area contributed by atoms with Gasteiger partial charge in [0.25, 0.3) is 0 Å². The lowest BCUT2D eigenvalue weighted by molar-refractivity contribution is -0.128. The van der Waals surface area contributed by atoms with Gasteiger partial charge in [-0.2, -0.15) is 0 Å². The van der Waals surface area contributed by atoms with Crippen LogP contribution >= 0.6 is 0 Å². The number of ether oxygens (including phenoxy) is 1. The zero-order valence-electron chi connectivity index (χ0n) is 13.7. The van der Waals surface area contributed by atoms with Gasteiger partial charge in [-0.25, -0.2) is 4.98 Å². The van der Waals surface area contributed by atoms with Gasteiger partial charge in [-0.05, 0) is 31.9 Å². The van der Waals surface area contributed by atoms with Crippen molar-refractivity contribution in [3.63, 3.8) is 0 Å². The molecule has 0 unspecified atom stereocenters. The first kappa shape index (κ1) is 16.5. The second-order valence-electron chi connectivity index (χ2n) is 5.93. The van der Waals surface area contributed by atoms with E-state index in [4.69, 9.17) is 4.74 Å². The highest BCUT2D eigenvalue weighted by Crippen LogP contribution is 2.24. The molecular formula is C17H25N3O2. The number of hydrogen-bond donors (Lipinski definition) is 2. The molecule has 0 saturated heterocycles. The molecule has 2 atom stereocenters. The maximum absolute atomic E-state index is 12.1. The van der Waals surface area contributed by atoms with Gasteiger partial charge in [-0.1, -0.05) is 32.4 Å². The van der Waals surface area contributed by atoms with Gasteiger partial charge in [-0.3, -0.25) is 4.79 Å². The third kappa shape index (κ3) is 4.07. The van der Waals surface area contributed by atoms with Crippen LogP contribution in [0.25, 0.3) is 11.0 Å². The number of carbonyl (C=O) groups excluding carboxylic acids is 1. The highest BCUT2D eigenvalue weighted by Gasteiger charge is 2.23. The average Bonchev–Trinajstić information content (AvgIpc) is 2.93. The van der Waals surface area contributed by atoms with Crippen LogP contribution in [0.5, 0.6) is 0 Å². The lowest BCUT2D eigenvalue weighted by Crippen LogP contribution is -2.36. The highest BCUT2D eigenvalue weighted by atomic mass is 16.5. The second kappa shape index (κ2) is 7.40. The van der Waals surface area contributed by atoms with Crippen LogP contribution in [0.3, 0.4) is 0 Å². The minimum absolute atomic E-state index is 0.0407. The number of H-pyrrole nitrogens is 1. The first-order valence-electron chi connectivity index (χ1n) is 7.86. The van der Waals surface area contributed by atoms with Crippen LogP contribution < -0.4 is 5.32 Å². The summed E-state index contributed by atoms with van der Waals surface area (Å²) in [5.74, 6) is 0.969. The van der Waals surface area contributed by atoms with Crippen LogP contribution in [0.15, 0.2) is 24.3 Å². The summed E-state index contributed by atoms with van der Waals surface area (Å²) in [5.41, 5.74) is 1.90. The zero-order valence-corrected chi connectivity index (χ0v) is 13.7. The Bertz CT molecular complexity index is 588. The quantitative estimate of drug-likeness (QED) is 0.825. The molecule has 0 radical (unpaired) electrons. The summed E-state index contributed by atoms with van der Waals surface area (Å²) in [6.45, 7) is 8.13. The van der Waals surface area contributed by atoms with E-state index in [0.717, 1.165) is 23.3 Å². The Hall–Kier alpha value is -1.88. The van der Waals surface area contributed by atoms with Crippen molar-refractivity contribution in [3.8, 4) is 0 Å². The van der Waals surface area contributed by atoms with Crippen molar-refractivity contribution in [2.75, 3.05) is 6.61 Å². The molecular weight excluding hydrogens is 278 g/mol. The number of aromatic nitrogens is 2. The van der Waals surface area contributed by atoms with Gasteiger partial charge in [0.1, 0.15) is 12.4 Å².